The summed E-state index contributed by atoms with van der Waals surface area (Å²) in [6.45, 7) is 5.40. The SMILES string of the molecule is CC1=CC(C)C(COC(=O)C[N+](C)(C)C)CC1. The van der Waals surface area contributed by atoms with Crippen LogP contribution in [-0.2, 0) is 9.53 Å². The van der Waals surface area contributed by atoms with Gasteiger partial charge in [0, 0.05) is 0 Å². The first-order valence-electron chi connectivity index (χ1n) is 6.41. The molecular weight excluding hydrogens is 214 g/mol. The maximum Gasteiger partial charge on any atom is 0.361 e. The van der Waals surface area contributed by atoms with Crippen LogP contribution in [0.2, 0.25) is 0 Å². The van der Waals surface area contributed by atoms with Crippen molar-refractivity contribution in [2.45, 2.75) is 26.7 Å². The minimum atomic E-state index is -0.0871. The smallest absolute Gasteiger partial charge is 0.361 e. The molecule has 0 aliphatic heterocycles. The van der Waals surface area contributed by atoms with Crippen LogP contribution in [0.5, 0.6) is 0 Å². The molecule has 1 aliphatic rings. The van der Waals surface area contributed by atoms with Crippen molar-refractivity contribution in [3.8, 4) is 0 Å². The predicted octanol–water partition coefficient (Wildman–Crippen LogP) is 2.23. The summed E-state index contributed by atoms with van der Waals surface area (Å²) in [6, 6.07) is 0. The predicted molar refractivity (Wildman–Crippen MR) is 69.5 cm³/mol. The molecule has 0 fully saturated rings. The third-order valence-corrected chi connectivity index (χ3v) is 3.26. The Kier molecular flexibility index (Phi) is 4.75. The average molecular weight is 240 g/mol. The van der Waals surface area contributed by atoms with Crippen LogP contribution in [0.25, 0.3) is 0 Å². The maximum absolute atomic E-state index is 11.6. The second-order valence-corrected chi connectivity index (χ2v) is 6.30. The van der Waals surface area contributed by atoms with Gasteiger partial charge in [0.25, 0.3) is 0 Å². The lowest BCUT2D eigenvalue weighted by molar-refractivity contribution is -0.862. The monoisotopic (exact) mass is 240 g/mol. The van der Waals surface area contributed by atoms with E-state index in [2.05, 4.69) is 19.9 Å². The minimum Gasteiger partial charge on any atom is -0.461 e. The van der Waals surface area contributed by atoms with Gasteiger partial charge in [0.2, 0.25) is 0 Å². The van der Waals surface area contributed by atoms with E-state index in [1.54, 1.807) is 0 Å². The summed E-state index contributed by atoms with van der Waals surface area (Å²) < 4.78 is 6.00. The molecule has 0 saturated carbocycles. The first-order chi connectivity index (χ1) is 7.78. The molecule has 3 heteroatoms. The molecule has 2 atom stereocenters. The molecule has 0 spiro atoms. The molecule has 0 heterocycles. The first-order valence-corrected chi connectivity index (χ1v) is 6.41. The number of hydrogen-bond acceptors (Lipinski definition) is 2. The van der Waals surface area contributed by atoms with E-state index in [0.29, 0.717) is 29.5 Å². The van der Waals surface area contributed by atoms with Gasteiger partial charge in [0.15, 0.2) is 6.54 Å². The first kappa shape index (κ1) is 14.2. The van der Waals surface area contributed by atoms with Crippen molar-refractivity contribution in [2.75, 3.05) is 34.3 Å². The lowest BCUT2D eigenvalue weighted by Gasteiger charge is -2.27. The van der Waals surface area contributed by atoms with Crippen LogP contribution in [-0.4, -0.2) is 44.7 Å². The van der Waals surface area contributed by atoms with Gasteiger partial charge in [-0.05, 0) is 31.6 Å². The quantitative estimate of drug-likeness (QED) is 0.428. The molecule has 0 radical (unpaired) electrons. The Morgan fingerprint density at radius 2 is 2.12 bits per heavy atom. The number of allylic oxidation sites excluding steroid dienone is 2. The van der Waals surface area contributed by atoms with Crippen LogP contribution in [0.15, 0.2) is 11.6 Å². The highest BCUT2D eigenvalue weighted by molar-refractivity contribution is 5.70. The fraction of sp³-hybridized carbons (Fsp3) is 0.786. The standard InChI is InChI=1S/C14H26NO2/c1-11-6-7-13(12(2)8-11)10-17-14(16)9-15(3,4)5/h8,12-13H,6-7,9-10H2,1-5H3/q+1. The van der Waals surface area contributed by atoms with Crippen LogP contribution >= 0.6 is 0 Å². The van der Waals surface area contributed by atoms with E-state index in [1.807, 2.05) is 21.1 Å². The molecule has 98 valence electrons. The number of likely N-dealkylation sites (N-methyl/N-ethyl adjacent to an activating group) is 1. The molecule has 0 saturated heterocycles. The van der Waals surface area contributed by atoms with Gasteiger partial charge < -0.3 is 9.22 Å². The van der Waals surface area contributed by atoms with E-state index in [0.717, 1.165) is 12.8 Å². The van der Waals surface area contributed by atoms with Gasteiger partial charge in [-0.2, -0.15) is 0 Å². The number of carbonyl (C=O) groups excluding carboxylic acids is 1. The zero-order valence-electron chi connectivity index (χ0n) is 11.8. The number of carbonyl (C=O) groups is 1. The molecule has 1 rings (SSSR count). The van der Waals surface area contributed by atoms with Gasteiger partial charge in [-0.1, -0.05) is 18.6 Å². The lowest BCUT2D eigenvalue weighted by atomic mass is 9.83. The summed E-state index contributed by atoms with van der Waals surface area (Å²) in [4.78, 5) is 11.6. The number of esters is 1. The summed E-state index contributed by atoms with van der Waals surface area (Å²) in [5, 5.41) is 0. The van der Waals surface area contributed by atoms with Crippen LogP contribution in [0.1, 0.15) is 26.7 Å². The van der Waals surface area contributed by atoms with Gasteiger partial charge in [-0.25, -0.2) is 4.79 Å². The molecule has 0 aromatic carbocycles. The van der Waals surface area contributed by atoms with Crippen molar-refractivity contribution < 1.29 is 14.0 Å². The van der Waals surface area contributed by atoms with E-state index in [-0.39, 0.29) is 5.97 Å². The molecule has 0 N–H and O–H groups in total. The fourth-order valence-corrected chi connectivity index (χ4v) is 2.21. The number of nitrogens with zero attached hydrogens (tertiary/aromatic N) is 1. The van der Waals surface area contributed by atoms with Crippen molar-refractivity contribution in [1.82, 2.24) is 0 Å². The van der Waals surface area contributed by atoms with Crippen LogP contribution in [0, 0.1) is 11.8 Å². The Morgan fingerprint density at radius 3 is 2.65 bits per heavy atom. The summed E-state index contributed by atoms with van der Waals surface area (Å²) in [7, 11) is 5.99. The Hall–Kier alpha value is -0.830. The number of quaternary nitrogens is 1. The van der Waals surface area contributed by atoms with Gasteiger partial charge in [-0.3, -0.25) is 0 Å². The summed E-state index contributed by atoms with van der Waals surface area (Å²) in [5.41, 5.74) is 1.46. The molecule has 0 aromatic heterocycles. The number of ether oxygens (including phenoxy) is 1. The Balaban J connectivity index is 2.34. The van der Waals surface area contributed by atoms with Crippen molar-refractivity contribution >= 4 is 5.97 Å². The Morgan fingerprint density at radius 1 is 1.47 bits per heavy atom. The third kappa shape index (κ3) is 5.35. The largest absolute Gasteiger partial charge is 0.461 e. The van der Waals surface area contributed by atoms with Crippen LogP contribution in [0.4, 0.5) is 0 Å². The zero-order valence-corrected chi connectivity index (χ0v) is 11.8. The number of rotatable bonds is 4. The van der Waals surface area contributed by atoms with Gasteiger partial charge >= 0.3 is 5.97 Å². The van der Waals surface area contributed by atoms with E-state index >= 15 is 0 Å². The second-order valence-electron chi connectivity index (χ2n) is 6.30. The Labute approximate surface area is 105 Å². The van der Waals surface area contributed by atoms with E-state index in [1.165, 1.54) is 5.57 Å². The van der Waals surface area contributed by atoms with Gasteiger partial charge in [-0.15, -0.1) is 0 Å². The highest BCUT2D eigenvalue weighted by atomic mass is 16.5. The fourth-order valence-electron chi connectivity index (χ4n) is 2.21. The van der Waals surface area contributed by atoms with Crippen molar-refractivity contribution in [3.05, 3.63) is 11.6 Å². The number of hydrogen-bond donors (Lipinski definition) is 0. The highest BCUT2D eigenvalue weighted by Gasteiger charge is 2.23. The molecule has 1 aliphatic carbocycles. The summed E-state index contributed by atoms with van der Waals surface area (Å²) in [5.74, 6) is 0.937. The zero-order chi connectivity index (χ0) is 13.1. The highest BCUT2D eigenvalue weighted by Crippen LogP contribution is 2.28. The average Bonchev–Trinajstić information content (AvgIpc) is 2.13. The van der Waals surface area contributed by atoms with Gasteiger partial charge in [0.1, 0.15) is 0 Å². The Bertz CT molecular complexity index is 302. The van der Waals surface area contributed by atoms with E-state index in [9.17, 15) is 4.79 Å². The third-order valence-electron chi connectivity index (χ3n) is 3.26. The van der Waals surface area contributed by atoms with Crippen molar-refractivity contribution in [1.29, 1.82) is 0 Å². The maximum atomic E-state index is 11.6. The molecule has 3 nitrogen and oxygen atoms in total. The molecule has 0 aromatic rings. The van der Waals surface area contributed by atoms with Crippen molar-refractivity contribution in [3.63, 3.8) is 0 Å². The normalized spacial score (nSPS) is 25.4. The van der Waals surface area contributed by atoms with Crippen molar-refractivity contribution in [2.24, 2.45) is 11.8 Å². The second kappa shape index (κ2) is 5.67. The minimum absolute atomic E-state index is 0.0871. The van der Waals surface area contributed by atoms with Gasteiger partial charge in [0.05, 0.1) is 27.7 Å². The topological polar surface area (TPSA) is 26.3 Å². The molecule has 0 bridgehead atoms. The van der Waals surface area contributed by atoms with Crippen LogP contribution in [0.3, 0.4) is 0 Å². The summed E-state index contributed by atoms with van der Waals surface area (Å²) in [6.07, 6.45) is 4.59. The van der Waals surface area contributed by atoms with E-state index in [4.69, 9.17) is 4.74 Å². The molecule has 2 unspecified atom stereocenters. The molecular formula is C14H26NO2+. The summed E-state index contributed by atoms with van der Waals surface area (Å²) >= 11 is 0. The lowest BCUT2D eigenvalue weighted by Crippen LogP contribution is -2.40. The van der Waals surface area contributed by atoms with Crippen LogP contribution < -0.4 is 0 Å². The molecule has 0 amide bonds. The van der Waals surface area contributed by atoms with E-state index < -0.39 is 0 Å². The molecule has 17 heavy (non-hydrogen) atoms.